The molecule has 0 bridgehead atoms. The molecule has 0 unspecified atom stereocenters. The lowest BCUT2D eigenvalue weighted by Crippen LogP contribution is -2.43. The van der Waals surface area contributed by atoms with Crippen molar-refractivity contribution in [1.82, 2.24) is 20.4 Å². The summed E-state index contributed by atoms with van der Waals surface area (Å²) in [6, 6.07) is 8.37. The van der Waals surface area contributed by atoms with Crippen LogP contribution in [-0.4, -0.2) is 75.2 Å². The largest absolute Gasteiger partial charge is 0.379 e. The van der Waals surface area contributed by atoms with Gasteiger partial charge in [-0.1, -0.05) is 36.4 Å². The lowest BCUT2D eigenvalue weighted by molar-refractivity contribution is -0.127. The van der Waals surface area contributed by atoms with Gasteiger partial charge in [0.25, 0.3) is 0 Å². The maximum atomic E-state index is 11.9. The van der Waals surface area contributed by atoms with E-state index in [1.54, 1.807) is 19.0 Å². The van der Waals surface area contributed by atoms with Crippen LogP contribution < -0.4 is 10.6 Å². The van der Waals surface area contributed by atoms with Gasteiger partial charge >= 0.3 is 0 Å². The van der Waals surface area contributed by atoms with Crippen LogP contribution in [0.15, 0.2) is 41.4 Å². The first-order valence-electron chi connectivity index (χ1n) is 9.69. The van der Waals surface area contributed by atoms with Gasteiger partial charge in [-0.05, 0) is 18.1 Å². The van der Waals surface area contributed by atoms with Crippen LogP contribution in [0.1, 0.15) is 18.1 Å². The van der Waals surface area contributed by atoms with E-state index >= 15 is 0 Å². The SMILES string of the molecule is C=C(C)CNC(=NCc1ccccc1CN1CCOCC1)NCC(=O)N(C)C. The van der Waals surface area contributed by atoms with Crippen LogP contribution in [0.25, 0.3) is 0 Å². The van der Waals surface area contributed by atoms with Crippen molar-refractivity contribution in [3.8, 4) is 0 Å². The molecule has 0 aliphatic carbocycles. The summed E-state index contributed by atoms with van der Waals surface area (Å²) in [5, 5.41) is 6.33. The van der Waals surface area contributed by atoms with E-state index in [2.05, 4.69) is 40.3 Å². The number of carbonyl (C=O) groups excluding carboxylic acids is 1. The quantitative estimate of drug-likeness (QED) is 0.399. The van der Waals surface area contributed by atoms with Gasteiger partial charge in [0.05, 0.1) is 26.3 Å². The molecule has 1 aliphatic heterocycles. The number of aliphatic imine (C=N–C) groups is 1. The van der Waals surface area contributed by atoms with Crippen molar-refractivity contribution in [3.05, 3.63) is 47.5 Å². The first-order valence-corrected chi connectivity index (χ1v) is 9.69. The van der Waals surface area contributed by atoms with Crippen LogP contribution in [-0.2, 0) is 22.6 Å². The monoisotopic (exact) mass is 387 g/mol. The molecule has 2 rings (SSSR count). The fourth-order valence-electron chi connectivity index (χ4n) is 2.76. The number of likely N-dealkylation sites (N-methyl/N-ethyl adjacent to an activating group) is 1. The summed E-state index contributed by atoms with van der Waals surface area (Å²) in [6.07, 6.45) is 0. The maximum absolute atomic E-state index is 11.9. The number of hydrogen-bond donors (Lipinski definition) is 2. The highest BCUT2D eigenvalue weighted by Crippen LogP contribution is 2.14. The van der Waals surface area contributed by atoms with Crippen LogP contribution >= 0.6 is 0 Å². The minimum absolute atomic E-state index is 0.00228. The Hall–Kier alpha value is -2.38. The summed E-state index contributed by atoms with van der Waals surface area (Å²) >= 11 is 0. The number of carbonyl (C=O) groups is 1. The van der Waals surface area contributed by atoms with Crippen LogP contribution in [0.4, 0.5) is 0 Å². The predicted octanol–water partition coefficient (Wildman–Crippen LogP) is 1.22. The van der Waals surface area contributed by atoms with Gasteiger partial charge in [0.1, 0.15) is 0 Å². The molecule has 1 saturated heterocycles. The molecule has 1 aromatic rings. The molecule has 7 heteroatoms. The summed E-state index contributed by atoms with van der Waals surface area (Å²) in [7, 11) is 3.48. The number of nitrogens with one attached hydrogen (secondary N) is 2. The molecule has 0 aromatic heterocycles. The fraction of sp³-hybridized carbons (Fsp3) is 0.524. The molecule has 28 heavy (non-hydrogen) atoms. The van der Waals surface area contributed by atoms with E-state index < -0.39 is 0 Å². The first kappa shape index (κ1) is 21.9. The number of ether oxygens (including phenoxy) is 1. The third kappa shape index (κ3) is 7.70. The minimum atomic E-state index is -0.00228. The Balaban J connectivity index is 2.04. The Bertz CT molecular complexity index is 681. The van der Waals surface area contributed by atoms with Crippen molar-refractivity contribution in [2.45, 2.75) is 20.0 Å². The van der Waals surface area contributed by atoms with Crippen molar-refractivity contribution in [2.24, 2.45) is 4.99 Å². The Morgan fingerprint density at radius 1 is 1.18 bits per heavy atom. The standard InChI is InChI=1S/C21H33N5O2/c1-17(2)13-22-21(24-15-20(27)25(3)4)23-14-18-7-5-6-8-19(18)16-26-9-11-28-12-10-26/h5-8H,1,9-16H2,2-4H3,(H2,22,23,24). The van der Waals surface area contributed by atoms with Crippen molar-refractivity contribution in [1.29, 1.82) is 0 Å². The lowest BCUT2D eigenvalue weighted by atomic mass is 10.1. The number of morpholine rings is 1. The molecular weight excluding hydrogens is 354 g/mol. The van der Waals surface area contributed by atoms with Gasteiger partial charge in [-0.15, -0.1) is 0 Å². The predicted molar refractivity (Wildman–Crippen MR) is 113 cm³/mol. The van der Waals surface area contributed by atoms with Gasteiger partial charge in [-0.25, -0.2) is 4.99 Å². The fourth-order valence-corrected chi connectivity index (χ4v) is 2.76. The maximum Gasteiger partial charge on any atom is 0.241 e. The second-order valence-corrected chi connectivity index (χ2v) is 7.27. The highest BCUT2D eigenvalue weighted by atomic mass is 16.5. The molecule has 2 N–H and O–H groups in total. The number of hydrogen-bond acceptors (Lipinski definition) is 4. The van der Waals surface area contributed by atoms with Gasteiger partial charge in [-0.3, -0.25) is 9.69 Å². The summed E-state index contributed by atoms with van der Waals surface area (Å²) < 4.78 is 5.44. The van der Waals surface area contributed by atoms with E-state index in [1.807, 2.05) is 13.0 Å². The molecule has 154 valence electrons. The van der Waals surface area contributed by atoms with E-state index in [4.69, 9.17) is 9.73 Å². The molecule has 0 atom stereocenters. The molecule has 1 aromatic carbocycles. The van der Waals surface area contributed by atoms with Crippen LogP contribution in [0.3, 0.4) is 0 Å². The summed E-state index contributed by atoms with van der Waals surface area (Å²) in [5.41, 5.74) is 3.46. The molecule has 7 nitrogen and oxygen atoms in total. The van der Waals surface area contributed by atoms with E-state index in [0.29, 0.717) is 19.0 Å². The number of nitrogens with zero attached hydrogens (tertiary/aromatic N) is 3. The van der Waals surface area contributed by atoms with E-state index in [-0.39, 0.29) is 12.5 Å². The van der Waals surface area contributed by atoms with Gasteiger partial charge in [0, 0.05) is 40.3 Å². The minimum Gasteiger partial charge on any atom is -0.379 e. The molecule has 1 amide bonds. The van der Waals surface area contributed by atoms with Gasteiger partial charge < -0.3 is 20.3 Å². The zero-order valence-electron chi connectivity index (χ0n) is 17.3. The van der Waals surface area contributed by atoms with Gasteiger partial charge in [0.2, 0.25) is 5.91 Å². The van der Waals surface area contributed by atoms with Crippen molar-refractivity contribution < 1.29 is 9.53 Å². The Kier molecular flexibility index (Phi) is 8.97. The van der Waals surface area contributed by atoms with Crippen molar-refractivity contribution in [3.63, 3.8) is 0 Å². The van der Waals surface area contributed by atoms with Crippen molar-refractivity contribution in [2.75, 3.05) is 53.5 Å². The summed E-state index contributed by atoms with van der Waals surface area (Å²) in [6.45, 7) is 11.6. The summed E-state index contributed by atoms with van der Waals surface area (Å²) in [5.74, 6) is 0.608. The second-order valence-electron chi connectivity index (χ2n) is 7.27. The average Bonchev–Trinajstić information content (AvgIpc) is 2.68. The van der Waals surface area contributed by atoms with Gasteiger partial charge in [-0.2, -0.15) is 0 Å². The van der Waals surface area contributed by atoms with Crippen LogP contribution in [0.2, 0.25) is 0 Å². The third-order valence-corrected chi connectivity index (χ3v) is 4.49. The summed E-state index contributed by atoms with van der Waals surface area (Å²) in [4.78, 5) is 20.5. The van der Waals surface area contributed by atoms with Crippen molar-refractivity contribution >= 4 is 11.9 Å². The molecule has 0 spiro atoms. The second kappa shape index (κ2) is 11.5. The van der Waals surface area contributed by atoms with E-state index in [9.17, 15) is 4.79 Å². The van der Waals surface area contributed by atoms with Crippen LogP contribution in [0, 0.1) is 0 Å². The molecule has 1 fully saturated rings. The molecule has 1 aliphatic rings. The van der Waals surface area contributed by atoms with Gasteiger partial charge in [0.15, 0.2) is 5.96 Å². The number of rotatable bonds is 8. The first-order chi connectivity index (χ1) is 13.5. The topological polar surface area (TPSA) is 69.2 Å². The molecular formula is C21H33N5O2. The third-order valence-electron chi connectivity index (χ3n) is 4.49. The molecule has 1 heterocycles. The lowest BCUT2D eigenvalue weighted by Gasteiger charge is -2.27. The molecule has 0 saturated carbocycles. The Labute approximate surface area is 168 Å². The number of guanidine groups is 1. The average molecular weight is 388 g/mol. The zero-order valence-corrected chi connectivity index (χ0v) is 17.3. The number of benzene rings is 1. The highest BCUT2D eigenvalue weighted by molar-refractivity contribution is 5.86. The Morgan fingerprint density at radius 3 is 2.46 bits per heavy atom. The Morgan fingerprint density at radius 2 is 1.82 bits per heavy atom. The zero-order chi connectivity index (χ0) is 20.4. The molecule has 0 radical (unpaired) electrons. The van der Waals surface area contributed by atoms with Crippen LogP contribution in [0.5, 0.6) is 0 Å². The highest BCUT2D eigenvalue weighted by Gasteiger charge is 2.13. The smallest absolute Gasteiger partial charge is 0.241 e. The normalized spacial score (nSPS) is 15.2. The van der Waals surface area contributed by atoms with E-state index in [1.165, 1.54) is 11.1 Å². The van der Waals surface area contributed by atoms with E-state index in [0.717, 1.165) is 38.4 Å². The number of amides is 1.